The zero-order valence-electron chi connectivity index (χ0n) is 9.65. The molecule has 0 aromatic heterocycles. The van der Waals surface area contributed by atoms with Crippen LogP contribution in [-0.2, 0) is 9.53 Å². The number of allylic oxidation sites excluding steroid dienone is 3. The van der Waals surface area contributed by atoms with Crippen LogP contribution in [0.1, 0.15) is 0 Å². The van der Waals surface area contributed by atoms with E-state index in [-0.39, 0.29) is 12.5 Å². The molecule has 1 saturated heterocycles. The number of carbonyl (C=O) groups excluding carboxylic acids is 1. The lowest BCUT2D eigenvalue weighted by atomic mass is 10.7. The average Bonchev–Trinajstić information content (AvgIpc) is 2.66. The number of ether oxygens (including phenoxy) is 1. The zero-order chi connectivity index (χ0) is 12.0. The first-order valence-corrected chi connectivity index (χ1v) is 7.98. The van der Waals surface area contributed by atoms with Crippen LogP contribution in [0.2, 0.25) is 18.1 Å². The van der Waals surface area contributed by atoms with Crippen LogP contribution in [0.25, 0.3) is 0 Å². The van der Waals surface area contributed by atoms with Crippen molar-refractivity contribution in [2.24, 2.45) is 0 Å². The minimum absolute atomic E-state index is 0.0946. The van der Waals surface area contributed by atoms with Gasteiger partial charge in [-0.05, 0) is 18.1 Å². The number of rotatable bonds is 7. The van der Waals surface area contributed by atoms with E-state index in [1.54, 1.807) is 0 Å². The van der Waals surface area contributed by atoms with Gasteiger partial charge in [-0.1, -0.05) is 18.2 Å². The van der Waals surface area contributed by atoms with Gasteiger partial charge in [0, 0.05) is 0 Å². The Morgan fingerprint density at radius 2 is 1.69 bits per heavy atom. The van der Waals surface area contributed by atoms with Crippen LogP contribution in [0.5, 0.6) is 0 Å². The molecule has 1 aliphatic rings. The Bertz CT molecular complexity index is 275. The standard InChI is InChI=1S/C12H19NO2Si/c1-4-7-16(8-5-2,9-6-3)13-11-15-10-12(13)14/h4-6H,1-3,7-11H2. The van der Waals surface area contributed by atoms with E-state index in [1.165, 1.54) is 0 Å². The van der Waals surface area contributed by atoms with E-state index < -0.39 is 8.24 Å². The van der Waals surface area contributed by atoms with Gasteiger partial charge < -0.3 is 9.30 Å². The van der Waals surface area contributed by atoms with Crippen molar-refractivity contribution in [3.8, 4) is 0 Å². The van der Waals surface area contributed by atoms with E-state index >= 15 is 0 Å². The number of amides is 1. The second-order valence-electron chi connectivity index (χ2n) is 4.00. The highest BCUT2D eigenvalue weighted by molar-refractivity contribution is 6.80. The lowest BCUT2D eigenvalue weighted by molar-refractivity contribution is -0.123. The van der Waals surface area contributed by atoms with Gasteiger partial charge in [0.2, 0.25) is 5.91 Å². The van der Waals surface area contributed by atoms with Gasteiger partial charge in [0.05, 0.1) is 0 Å². The fraction of sp³-hybridized carbons (Fsp3) is 0.417. The summed E-state index contributed by atoms with van der Waals surface area (Å²) in [6.45, 7) is 12.0. The number of carbonyl (C=O) groups is 1. The van der Waals surface area contributed by atoms with E-state index in [0.717, 1.165) is 18.1 Å². The minimum Gasteiger partial charge on any atom is -0.352 e. The fourth-order valence-corrected chi connectivity index (χ4v) is 5.89. The molecule has 0 radical (unpaired) electrons. The van der Waals surface area contributed by atoms with Crippen LogP contribution in [0.15, 0.2) is 38.0 Å². The molecule has 0 bridgehead atoms. The second-order valence-corrected chi connectivity index (χ2v) is 8.22. The van der Waals surface area contributed by atoms with Crippen LogP contribution in [0, 0.1) is 0 Å². The van der Waals surface area contributed by atoms with Crippen molar-refractivity contribution in [1.29, 1.82) is 0 Å². The molecule has 0 saturated carbocycles. The Kier molecular flexibility index (Phi) is 4.70. The molecule has 3 nitrogen and oxygen atoms in total. The molecule has 1 amide bonds. The molecule has 88 valence electrons. The number of nitrogens with zero attached hydrogens (tertiary/aromatic N) is 1. The average molecular weight is 237 g/mol. The Morgan fingerprint density at radius 1 is 1.19 bits per heavy atom. The third kappa shape index (κ3) is 2.51. The first-order valence-electron chi connectivity index (χ1n) is 5.41. The summed E-state index contributed by atoms with van der Waals surface area (Å²) < 4.78 is 7.14. The Balaban J connectivity index is 2.96. The molecule has 0 spiro atoms. The summed E-state index contributed by atoms with van der Waals surface area (Å²) in [5.74, 6) is 0.0946. The smallest absolute Gasteiger partial charge is 0.242 e. The normalized spacial score (nSPS) is 16.2. The molecule has 0 N–H and O–H groups in total. The van der Waals surface area contributed by atoms with Gasteiger partial charge in [-0.25, -0.2) is 0 Å². The van der Waals surface area contributed by atoms with E-state index in [9.17, 15) is 4.79 Å². The third-order valence-corrected chi connectivity index (χ3v) is 7.56. The third-order valence-electron chi connectivity index (χ3n) is 2.89. The molecule has 1 heterocycles. The van der Waals surface area contributed by atoms with Crippen LogP contribution < -0.4 is 0 Å². The first-order chi connectivity index (χ1) is 7.70. The van der Waals surface area contributed by atoms with Gasteiger partial charge in [-0.15, -0.1) is 19.7 Å². The van der Waals surface area contributed by atoms with E-state index in [1.807, 2.05) is 22.8 Å². The Morgan fingerprint density at radius 3 is 2.00 bits per heavy atom. The lowest BCUT2D eigenvalue weighted by Gasteiger charge is -2.37. The number of hydrogen-bond acceptors (Lipinski definition) is 2. The summed E-state index contributed by atoms with van der Waals surface area (Å²) in [6, 6.07) is 2.58. The van der Waals surface area contributed by atoms with E-state index in [4.69, 9.17) is 4.74 Å². The maximum Gasteiger partial charge on any atom is 0.242 e. The lowest BCUT2D eigenvalue weighted by Crippen LogP contribution is -2.53. The summed E-state index contributed by atoms with van der Waals surface area (Å²) in [7, 11) is -1.92. The van der Waals surface area contributed by atoms with E-state index in [0.29, 0.717) is 6.73 Å². The van der Waals surface area contributed by atoms with Crippen molar-refractivity contribution in [2.45, 2.75) is 18.1 Å². The van der Waals surface area contributed by atoms with Crippen molar-refractivity contribution in [3.05, 3.63) is 38.0 Å². The highest BCUT2D eigenvalue weighted by atomic mass is 28.3. The molecule has 16 heavy (non-hydrogen) atoms. The van der Waals surface area contributed by atoms with Crippen LogP contribution in [-0.4, -0.2) is 32.0 Å². The SMILES string of the molecule is C=CC[Si](CC=C)(CC=C)N1COCC1=O. The van der Waals surface area contributed by atoms with Gasteiger partial charge in [-0.2, -0.15) is 0 Å². The molecule has 0 atom stereocenters. The van der Waals surface area contributed by atoms with Crippen LogP contribution in [0.4, 0.5) is 0 Å². The molecule has 0 aliphatic carbocycles. The highest BCUT2D eigenvalue weighted by Gasteiger charge is 2.42. The summed E-state index contributed by atoms with van der Waals surface area (Å²) in [5.41, 5.74) is 0. The predicted molar refractivity (Wildman–Crippen MR) is 68.4 cm³/mol. The summed E-state index contributed by atoms with van der Waals surface area (Å²) in [4.78, 5) is 11.8. The maximum atomic E-state index is 11.8. The largest absolute Gasteiger partial charge is 0.352 e. The van der Waals surface area contributed by atoms with Crippen molar-refractivity contribution < 1.29 is 9.53 Å². The van der Waals surface area contributed by atoms with Crippen molar-refractivity contribution in [2.75, 3.05) is 13.3 Å². The predicted octanol–water partition coefficient (Wildman–Crippen LogP) is 2.31. The molecule has 0 aromatic rings. The van der Waals surface area contributed by atoms with Crippen LogP contribution >= 0.6 is 0 Å². The topological polar surface area (TPSA) is 29.5 Å². The summed E-state index contributed by atoms with van der Waals surface area (Å²) in [5, 5.41) is 0. The van der Waals surface area contributed by atoms with Gasteiger partial charge >= 0.3 is 0 Å². The summed E-state index contributed by atoms with van der Waals surface area (Å²) >= 11 is 0. The summed E-state index contributed by atoms with van der Waals surface area (Å²) in [6.07, 6.45) is 5.68. The van der Waals surface area contributed by atoms with E-state index in [2.05, 4.69) is 19.7 Å². The number of hydrogen-bond donors (Lipinski definition) is 0. The maximum absolute atomic E-state index is 11.8. The van der Waals surface area contributed by atoms with Crippen molar-refractivity contribution in [1.82, 2.24) is 4.57 Å². The van der Waals surface area contributed by atoms with Crippen molar-refractivity contribution in [3.63, 3.8) is 0 Å². The van der Waals surface area contributed by atoms with Gasteiger partial charge in [0.1, 0.15) is 13.3 Å². The molecule has 1 rings (SSSR count). The van der Waals surface area contributed by atoms with Gasteiger partial charge in [-0.3, -0.25) is 4.79 Å². The molecule has 4 heteroatoms. The molecule has 1 fully saturated rings. The zero-order valence-corrected chi connectivity index (χ0v) is 10.7. The molecular weight excluding hydrogens is 218 g/mol. The highest BCUT2D eigenvalue weighted by Crippen LogP contribution is 2.29. The molecule has 0 aromatic carbocycles. The Hall–Kier alpha value is -1.13. The molecule has 0 unspecified atom stereocenters. The quantitative estimate of drug-likeness (QED) is 0.502. The van der Waals surface area contributed by atoms with Gasteiger partial charge in [0.25, 0.3) is 0 Å². The molecular formula is C12H19NO2Si. The minimum atomic E-state index is -1.92. The molecule has 1 aliphatic heterocycles. The van der Waals surface area contributed by atoms with Gasteiger partial charge in [0.15, 0.2) is 8.24 Å². The first kappa shape index (κ1) is 12.9. The van der Waals surface area contributed by atoms with Crippen molar-refractivity contribution >= 4 is 14.1 Å². The second kappa shape index (κ2) is 5.82. The monoisotopic (exact) mass is 237 g/mol. The fourth-order valence-electron chi connectivity index (χ4n) is 2.16. The Labute approximate surface area is 98.2 Å². The van der Waals surface area contributed by atoms with Crippen LogP contribution in [0.3, 0.4) is 0 Å².